The Bertz CT molecular complexity index is 412. The second-order valence-corrected chi connectivity index (χ2v) is 6.32. The first-order valence-electron chi connectivity index (χ1n) is 8.18. The van der Waals surface area contributed by atoms with Crippen molar-refractivity contribution in [3.8, 4) is 0 Å². The number of benzene rings is 1. The van der Waals surface area contributed by atoms with Crippen LogP contribution < -0.4 is 0 Å². The minimum absolute atomic E-state index is 0.849. The van der Waals surface area contributed by atoms with Gasteiger partial charge in [0, 0.05) is 0 Å². The monoisotopic (exact) mass is 257 g/mol. The molecule has 0 spiro atoms. The smallest absolute Gasteiger partial charge is 0.00160 e. The van der Waals surface area contributed by atoms with Crippen LogP contribution >= 0.6 is 0 Å². The summed E-state index contributed by atoms with van der Waals surface area (Å²) >= 11 is 0. The SMILES string of the molecule is CCN1CCC[C@H](C2CCCc3ccccc32)CC1. The molecule has 1 fully saturated rings. The Labute approximate surface area is 118 Å². The molecular formula is C18H27N. The molecule has 1 aromatic rings. The van der Waals surface area contributed by atoms with Crippen molar-refractivity contribution in [1.29, 1.82) is 0 Å². The fourth-order valence-electron chi connectivity index (χ4n) is 4.18. The van der Waals surface area contributed by atoms with Crippen molar-refractivity contribution in [2.45, 2.75) is 51.4 Å². The van der Waals surface area contributed by atoms with Crippen LogP contribution in [0.1, 0.15) is 56.1 Å². The van der Waals surface area contributed by atoms with Gasteiger partial charge in [-0.2, -0.15) is 0 Å². The van der Waals surface area contributed by atoms with E-state index in [1.54, 1.807) is 11.1 Å². The van der Waals surface area contributed by atoms with Crippen molar-refractivity contribution < 1.29 is 0 Å². The number of rotatable bonds is 2. The van der Waals surface area contributed by atoms with Gasteiger partial charge in [0.05, 0.1) is 0 Å². The molecule has 1 nitrogen and oxygen atoms in total. The highest BCUT2D eigenvalue weighted by Gasteiger charge is 2.28. The van der Waals surface area contributed by atoms with E-state index in [4.69, 9.17) is 0 Å². The van der Waals surface area contributed by atoms with E-state index < -0.39 is 0 Å². The van der Waals surface area contributed by atoms with Crippen molar-refractivity contribution in [3.05, 3.63) is 35.4 Å². The summed E-state index contributed by atoms with van der Waals surface area (Å²) in [6, 6.07) is 9.22. The van der Waals surface area contributed by atoms with Crippen molar-refractivity contribution in [1.82, 2.24) is 4.90 Å². The van der Waals surface area contributed by atoms with Gasteiger partial charge in [0.2, 0.25) is 0 Å². The van der Waals surface area contributed by atoms with Gasteiger partial charge in [-0.05, 0) is 81.1 Å². The van der Waals surface area contributed by atoms with E-state index in [0.29, 0.717) is 0 Å². The van der Waals surface area contributed by atoms with E-state index in [2.05, 4.69) is 36.1 Å². The largest absolute Gasteiger partial charge is 0.304 e. The molecule has 3 rings (SSSR count). The highest BCUT2D eigenvalue weighted by atomic mass is 15.1. The maximum Gasteiger partial charge on any atom is -0.00160 e. The van der Waals surface area contributed by atoms with Gasteiger partial charge < -0.3 is 4.90 Å². The van der Waals surface area contributed by atoms with Crippen LogP contribution in [0.4, 0.5) is 0 Å². The van der Waals surface area contributed by atoms with Crippen LogP contribution in [0.5, 0.6) is 0 Å². The highest BCUT2D eigenvalue weighted by molar-refractivity contribution is 5.33. The molecule has 0 amide bonds. The van der Waals surface area contributed by atoms with E-state index in [9.17, 15) is 0 Å². The summed E-state index contributed by atoms with van der Waals surface area (Å²) < 4.78 is 0. The van der Waals surface area contributed by atoms with Gasteiger partial charge >= 0.3 is 0 Å². The molecule has 1 aliphatic carbocycles. The summed E-state index contributed by atoms with van der Waals surface area (Å²) in [5, 5.41) is 0. The van der Waals surface area contributed by atoms with E-state index in [0.717, 1.165) is 11.8 Å². The van der Waals surface area contributed by atoms with Crippen molar-refractivity contribution >= 4 is 0 Å². The molecule has 1 unspecified atom stereocenters. The Morgan fingerprint density at radius 2 is 1.95 bits per heavy atom. The number of likely N-dealkylation sites (tertiary alicyclic amines) is 1. The maximum atomic E-state index is 2.63. The lowest BCUT2D eigenvalue weighted by molar-refractivity contribution is 0.285. The second-order valence-electron chi connectivity index (χ2n) is 6.32. The Morgan fingerprint density at radius 1 is 1.05 bits per heavy atom. The van der Waals surface area contributed by atoms with Crippen LogP contribution in [0, 0.1) is 5.92 Å². The first-order chi connectivity index (χ1) is 9.38. The van der Waals surface area contributed by atoms with E-state index in [1.165, 1.54) is 58.2 Å². The fraction of sp³-hybridized carbons (Fsp3) is 0.667. The van der Waals surface area contributed by atoms with Gasteiger partial charge in [0.15, 0.2) is 0 Å². The quantitative estimate of drug-likeness (QED) is 0.766. The molecule has 1 saturated heterocycles. The Balaban J connectivity index is 1.76. The zero-order chi connectivity index (χ0) is 13.1. The van der Waals surface area contributed by atoms with Gasteiger partial charge in [-0.1, -0.05) is 31.2 Å². The van der Waals surface area contributed by atoms with E-state index in [1.807, 2.05) is 0 Å². The summed E-state index contributed by atoms with van der Waals surface area (Å²) in [6.07, 6.45) is 8.38. The summed E-state index contributed by atoms with van der Waals surface area (Å²) in [5.74, 6) is 1.78. The summed E-state index contributed by atoms with van der Waals surface area (Å²) in [5.41, 5.74) is 3.32. The van der Waals surface area contributed by atoms with Gasteiger partial charge in [-0.15, -0.1) is 0 Å². The van der Waals surface area contributed by atoms with Crippen LogP contribution in [0.15, 0.2) is 24.3 Å². The molecule has 2 atom stereocenters. The van der Waals surface area contributed by atoms with Gasteiger partial charge in [-0.3, -0.25) is 0 Å². The summed E-state index contributed by atoms with van der Waals surface area (Å²) in [6.45, 7) is 6.17. The van der Waals surface area contributed by atoms with E-state index >= 15 is 0 Å². The van der Waals surface area contributed by atoms with Crippen LogP contribution in [-0.4, -0.2) is 24.5 Å². The van der Waals surface area contributed by atoms with Gasteiger partial charge in [-0.25, -0.2) is 0 Å². The van der Waals surface area contributed by atoms with Crippen molar-refractivity contribution in [2.75, 3.05) is 19.6 Å². The minimum Gasteiger partial charge on any atom is -0.304 e. The Hall–Kier alpha value is -0.820. The number of nitrogens with zero attached hydrogens (tertiary/aromatic N) is 1. The second kappa shape index (κ2) is 6.09. The molecule has 1 heteroatoms. The number of aryl methyl sites for hydroxylation is 1. The molecule has 0 saturated carbocycles. The third-order valence-electron chi connectivity index (χ3n) is 5.30. The van der Waals surface area contributed by atoms with Gasteiger partial charge in [0.1, 0.15) is 0 Å². The summed E-state index contributed by atoms with van der Waals surface area (Å²) in [4.78, 5) is 2.63. The number of fused-ring (bicyclic) bond motifs is 1. The maximum absolute atomic E-state index is 2.63. The van der Waals surface area contributed by atoms with Crippen LogP contribution in [0.3, 0.4) is 0 Å². The summed E-state index contributed by atoms with van der Waals surface area (Å²) in [7, 11) is 0. The Morgan fingerprint density at radius 3 is 2.84 bits per heavy atom. The molecule has 19 heavy (non-hydrogen) atoms. The van der Waals surface area contributed by atoms with Crippen molar-refractivity contribution in [2.24, 2.45) is 5.92 Å². The Kier molecular flexibility index (Phi) is 4.22. The van der Waals surface area contributed by atoms with Gasteiger partial charge in [0.25, 0.3) is 0 Å². The minimum atomic E-state index is 0.849. The first-order valence-corrected chi connectivity index (χ1v) is 8.18. The third-order valence-corrected chi connectivity index (χ3v) is 5.30. The van der Waals surface area contributed by atoms with Crippen LogP contribution in [-0.2, 0) is 6.42 Å². The molecule has 0 bridgehead atoms. The molecule has 104 valence electrons. The highest BCUT2D eigenvalue weighted by Crippen LogP contribution is 2.40. The predicted molar refractivity (Wildman–Crippen MR) is 81.6 cm³/mol. The average molecular weight is 257 g/mol. The average Bonchev–Trinajstić information content (AvgIpc) is 2.72. The topological polar surface area (TPSA) is 3.24 Å². The fourth-order valence-corrected chi connectivity index (χ4v) is 4.18. The molecule has 1 aromatic carbocycles. The molecule has 0 aromatic heterocycles. The zero-order valence-electron chi connectivity index (χ0n) is 12.3. The standard InChI is InChI=1S/C18H27N/c1-2-19-13-6-9-16(12-14-19)18-11-5-8-15-7-3-4-10-17(15)18/h3-4,7,10,16,18H,2,5-6,8-9,11-14H2,1H3/t16-,18?/m0/s1. The molecule has 0 radical (unpaired) electrons. The number of hydrogen-bond donors (Lipinski definition) is 0. The van der Waals surface area contributed by atoms with E-state index in [-0.39, 0.29) is 0 Å². The lowest BCUT2D eigenvalue weighted by Gasteiger charge is -2.32. The lowest BCUT2D eigenvalue weighted by atomic mass is 9.73. The number of hydrogen-bond acceptors (Lipinski definition) is 1. The molecule has 1 aliphatic heterocycles. The predicted octanol–water partition coefficient (Wildman–Crippen LogP) is 4.23. The molecule has 0 N–H and O–H groups in total. The van der Waals surface area contributed by atoms with Crippen molar-refractivity contribution in [3.63, 3.8) is 0 Å². The zero-order valence-corrected chi connectivity index (χ0v) is 12.3. The normalized spacial score (nSPS) is 28.7. The van der Waals surface area contributed by atoms with Crippen LogP contribution in [0.2, 0.25) is 0 Å². The lowest BCUT2D eigenvalue weighted by Crippen LogP contribution is -2.25. The molecule has 1 heterocycles. The first kappa shape index (κ1) is 13.2. The van der Waals surface area contributed by atoms with Crippen LogP contribution in [0.25, 0.3) is 0 Å². The molecule has 2 aliphatic rings. The molecular weight excluding hydrogens is 230 g/mol. The third kappa shape index (κ3) is 2.86.